The van der Waals surface area contributed by atoms with Gasteiger partial charge in [-0.3, -0.25) is 4.57 Å². The zero-order chi connectivity index (χ0) is 7.49. The maximum Gasteiger partial charge on any atom is 0.191 e. The van der Waals surface area contributed by atoms with Crippen LogP contribution in [0, 0.1) is 0 Å². The summed E-state index contributed by atoms with van der Waals surface area (Å²) < 4.78 is 15.9. The predicted octanol–water partition coefficient (Wildman–Crippen LogP) is 2.30. The largest absolute Gasteiger partial charge is 0.325 e. The lowest BCUT2D eigenvalue weighted by molar-refractivity contribution is 0.143. The summed E-state index contributed by atoms with van der Waals surface area (Å²) in [6.07, 6.45) is 0.641. The molecule has 3 heteroatoms. The standard InChI is InChI=1S/C6H15O2P/c1-5-9(7)8-6(2,3)4/h9H,5H2,1-4H3. The van der Waals surface area contributed by atoms with E-state index in [2.05, 4.69) is 0 Å². The molecule has 0 aliphatic heterocycles. The Morgan fingerprint density at radius 1 is 1.44 bits per heavy atom. The molecule has 0 saturated carbocycles. The second-order valence-electron chi connectivity index (χ2n) is 2.94. The summed E-state index contributed by atoms with van der Waals surface area (Å²) in [7, 11) is -1.74. The first-order valence-electron chi connectivity index (χ1n) is 3.17. The number of hydrogen-bond donors (Lipinski definition) is 0. The van der Waals surface area contributed by atoms with Crippen LogP contribution in [0.4, 0.5) is 0 Å². The third kappa shape index (κ3) is 6.07. The van der Waals surface area contributed by atoms with Gasteiger partial charge >= 0.3 is 0 Å². The summed E-state index contributed by atoms with van der Waals surface area (Å²) >= 11 is 0. The van der Waals surface area contributed by atoms with Crippen LogP contribution in [-0.4, -0.2) is 11.8 Å². The van der Waals surface area contributed by atoms with Gasteiger partial charge in [-0.2, -0.15) is 0 Å². The molecule has 9 heavy (non-hydrogen) atoms. The fourth-order valence-electron chi connectivity index (χ4n) is 0.414. The van der Waals surface area contributed by atoms with E-state index in [0.29, 0.717) is 6.16 Å². The van der Waals surface area contributed by atoms with E-state index in [0.717, 1.165) is 0 Å². The lowest BCUT2D eigenvalue weighted by Gasteiger charge is -2.17. The van der Waals surface area contributed by atoms with Gasteiger partial charge in [0.15, 0.2) is 8.03 Å². The zero-order valence-electron chi connectivity index (χ0n) is 6.52. The Labute approximate surface area is 57.5 Å². The highest BCUT2D eigenvalue weighted by atomic mass is 31.1. The first-order valence-corrected chi connectivity index (χ1v) is 4.70. The van der Waals surface area contributed by atoms with Gasteiger partial charge in [-0.15, -0.1) is 0 Å². The second kappa shape index (κ2) is 3.38. The molecule has 2 nitrogen and oxygen atoms in total. The highest BCUT2D eigenvalue weighted by molar-refractivity contribution is 7.39. The minimum atomic E-state index is -1.74. The summed E-state index contributed by atoms with van der Waals surface area (Å²) in [5, 5.41) is 0. The van der Waals surface area contributed by atoms with Gasteiger partial charge in [-0.1, -0.05) is 6.92 Å². The quantitative estimate of drug-likeness (QED) is 0.564. The molecule has 0 fully saturated rings. The SMILES string of the molecule is CC[PH](=O)OC(C)(C)C. The van der Waals surface area contributed by atoms with Crippen LogP contribution in [0.25, 0.3) is 0 Å². The molecular formula is C6H15O2P. The Morgan fingerprint density at radius 3 is 2.00 bits per heavy atom. The number of hydrogen-bond acceptors (Lipinski definition) is 2. The van der Waals surface area contributed by atoms with Crippen molar-refractivity contribution in [2.45, 2.75) is 33.3 Å². The molecule has 0 amide bonds. The van der Waals surface area contributed by atoms with Crippen LogP contribution >= 0.6 is 8.03 Å². The second-order valence-corrected chi connectivity index (χ2v) is 4.60. The van der Waals surface area contributed by atoms with Crippen LogP contribution in [0.1, 0.15) is 27.7 Å². The Hall–Kier alpha value is 0.190. The van der Waals surface area contributed by atoms with E-state index < -0.39 is 8.03 Å². The van der Waals surface area contributed by atoms with Crippen LogP contribution in [0.15, 0.2) is 0 Å². The Morgan fingerprint density at radius 2 is 1.89 bits per heavy atom. The Bertz CT molecular complexity index is 104. The molecular weight excluding hydrogens is 135 g/mol. The van der Waals surface area contributed by atoms with Crippen LogP contribution in [0.5, 0.6) is 0 Å². The predicted molar refractivity (Wildman–Crippen MR) is 40.4 cm³/mol. The first kappa shape index (κ1) is 9.19. The Balaban J connectivity index is 3.60. The molecule has 0 N–H and O–H groups in total. The van der Waals surface area contributed by atoms with E-state index in [1.54, 1.807) is 0 Å². The maximum absolute atomic E-state index is 10.8. The van der Waals surface area contributed by atoms with Gasteiger partial charge in [-0.05, 0) is 20.8 Å². The van der Waals surface area contributed by atoms with Crippen molar-refractivity contribution in [2.75, 3.05) is 6.16 Å². The van der Waals surface area contributed by atoms with E-state index in [1.807, 2.05) is 27.7 Å². The summed E-state index contributed by atoms with van der Waals surface area (Å²) in [4.78, 5) is 0. The van der Waals surface area contributed by atoms with Crippen LogP contribution in [-0.2, 0) is 9.09 Å². The first-order chi connectivity index (χ1) is 3.95. The van der Waals surface area contributed by atoms with Crippen molar-refractivity contribution in [1.82, 2.24) is 0 Å². The van der Waals surface area contributed by atoms with E-state index in [-0.39, 0.29) is 5.60 Å². The summed E-state index contributed by atoms with van der Waals surface area (Å²) in [5.74, 6) is 0. The van der Waals surface area contributed by atoms with Crippen molar-refractivity contribution in [1.29, 1.82) is 0 Å². The molecule has 0 rings (SSSR count). The molecule has 0 aromatic rings. The summed E-state index contributed by atoms with van der Waals surface area (Å²) in [6.45, 7) is 7.59. The van der Waals surface area contributed by atoms with Crippen molar-refractivity contribution < 1.29 is 9.09 Å². The van der Waals surface area contributed by atoms with Gasteiger partial charge in [-0.25, -0.2) is 0 Å². The fraction of sp³-hybridized carbons (Fsp3) is 1.00. The average molecular weight is 150 g/mol. The molecule has 0 radical (unpaired) electrons. The normalized spacial score (nSPS) is 15.6. The highest BCUT2D eigenvalue weighted by Gasteiger charge is 2.12. The van der Waals surface area contributed by atoms with Crippen LogP contribution in [0.2, 0.25) is 0 Å². The minimum Gasteiger partial charge on any atom is -0.325 e. The van der Waals surface area contributed by atoms with Crippen molar-refractivity contribution in [3.05, 3.63) is 0 Å². The summed E-state index contributed by atoms with van der Waals surface area (Å²) in [5.41, 5.74) is -0.244. The maximum atomic E-state index is 10.8. The van der Waals surface area contributed by atoms with Gasteiger partial charge in [0.05, 0.1) is 5.60 Å². The molecule has 0 spiro atoms. The highest BCUT2D eigenvalue weighted by Crippen LogP contribution is 2.28. The molecule has 0 aliphatic carbocycles. The Kier molecular flexibility index (Phi) is 3.45. The van der Waals surface area contributed by atoms with E-state index in [4.69, 9.17) is 4.52 Å². The van der Waals surface area contributed by atoms with Crippen LogP contribution in [0.3, 0.4) is 0 Å². The van der Waals surface area contributed by atoms with E-state index in [1.165, 1.54) is 0 Å². The lowest BCUT2D eigenvalue weighted by atomic mass is 10.2. The van der Waals surface area contributed by atoms with Gasteiger partial charge in [0.2, 0.25) is 0 Å². The van der Waals surface area contributed by atoms with Crippen molar-refractivity contribution in [3.8, 4) is 0 Å². The smallest absolute Gasteiger partial charge is 0.191 e. The van der Waals surface area contributed by atoms with Gasteiger partial charge in [0.1, 0.15) is 0 Å². The molecule has 0 heterocycles. The zero-order valence-corrected chi connectivity index (χ0v) is 7.52. The molecule has 1 unspecified atom stereocenters. The topological polar surface area (TPSA) is 26.3 Å². The van der Waals surface area contributed by atoms with Crippen molar-refractivity contribution in [2.24, 2.45) is 0 Å². The third-order valence-corrected chi connectivity index (χ3v) is 2.13. The van der Waals surface area contributed by atoms with Gasteiger partial charge in [0.25, 0.3) is 0 Å². The third-order valence-electron chi connectivity index (χ3n) is 0.709. The molecule has 0 saturated heterocycles. The fourth-order valence-corrected chi connectivity index (χ4v) is 1.24. The van der Waals surface area contributed by atoms with Crippen molar-refractivity contribution in [3.63, 3.8) is 0 Å². The molecule has 56 valence electrons. The van der Waals surface area contributed by atoms with Gasteiger partial charge in [0, 0.05) is 6.16 Å². The molecule has 1 atom stereocenters. The molecule has 0 aromatic carbocycles. The van der Waals surface area contributed by atoms with Crippen LogP contribution < -0.4 is 0 Å². The lowest BCUT2D eigenvalue weighted by Crippen LogP contribution is -2.14. The minimum absolute atomic E-state index is 0.244. The molecule has 0 aromatic heterocycles. The molecule has 0 aliphatic rings. The number of rotatable bonds is 2. The van der Waals surface area contributed by atoms with Gasteiger partial charge < -0.3 is 4.52 Å². The average Bonchev–Trinajstić information content (AvgIpc) is 1.62. The molecule has 0 bridgehead atoms. The van der Waals surface area contributed by atoms with E-state index >= 15 is 0 Å². The van der Waals surface area contributed by atoms with E-state index in [9.17, 15) is 4.57 Å². The summed E-state index contributed by atoms with van der Waals surface area (Å²) in [6, 6.07) is 0. The monoisotopic (exact) mass is 150 g/mol. The van der Waals surface area contributed by atoms with Crippen molar-refractivity contribution >= 4 is 8.03 Å².